The summed E-state index contributed by atoms with van der Waals surface area (Å²) in [5, 5.41) is 9.33. The molecule has 1 aliphatic rings. The number of aliphatic carboxylic acids is 1. The van der Waals surface area contributed by atoms with Gasteiger partial charge in [0.1, 0.15) is 5.70 Å². The van der Waals surface area contributed by atoms with E-state index in [9.17, 15) is 9.90 Å². The number of hydrogen-bond acceptors (Lipinski definition) is 3. The maximum atomic E-state index is 11.4. The Balaban J connectivity index is 2.48. The largest absolute Gasteiger partial charge is 0.477 e. The number of carboxylic acids is 1. The molecule has 1 unspecified atom stereocenters. The maximum absolute atomic E-state index is 11.4. The molecule has 0 saturated heterocycles. The molecule has 0 radical (unpaired) electrons. The molecular formula is C16H18N2O2. The predicted molar refractivity (Wildman–Crippen MR) is 79.6 cm³/mol. The van der Waals surface area contributed by atoms with Gasteiger partial charge >= 0.3 is 5.97 Å². The average molecular weight is 270 g/mol. The molecule has 0 aromatic heterocycles. The standard InChI is InChI=1S/C16H18N2O2/c1-3-4-8-11(2)14-13(12-9-6-5-7-10-12)15(16(19)20)18-17-14/h3-10,14,17-18H,1-2H3,(H,19,20)/b4-3-,11-8+. The van der Waals surface area contributed by atoms with Gasteiger partial charge in [0.2, 0.25) is 0 Å². The molecule has 1 heterocycles. The molecule has 0 fully saturated rings. The fourth-order valence-electron chi connectivity index (χ4n) is 2.21. The summed E-state index contributed by atoms with van der Waals surface area (Å²) < 4.78 is 0. The van der Waals surface area contributed by atoms with Crippen LogP contribution in [0.4, 0.5) is 0 Å². The Hall–Kier alpha value is -2.33. The van der Waals surface area contributed by atoms with Gasteiger partial charge in [0, 0.05) is 5.57 Å². The highest BCUT2D eigenvalue weighted by molar-refractivity contribution is 5.98. The van der Waals surface area contributed by atoms with Crippen LogP contribution in [0.15, 0.2) is 59.8 Å². The number of carboxylic acid groups (broad SMARTS) is 1. The molecule has 104 valence electrons. The topological polar surface area (TPSA) is 61.4 Å². The molecule has 0 bridgehead atoms. The highest BCUT2D eigenvalue weighted by Gasteiger charge is 2.30. The first-order chi connectivity index (χ1) is 9.65. The van der Waals surface area contributed by atoms with E-state index in [4.69, 9.17) is 0 Å². The zero-order valence-corrected chi connectivity index (χ0v) is 11.6. The monoisotopic (exact) mass is 270 g/mol. The molecular weight excluding hydrogens is 252 g/mol. The van der Waals surface area contributed by atoms with E-state index in [-0.39, 0.29) is 11.7 Å². The van der Waals surface area contributed by atoms with Crippen molar-refractivity contribution in [3.05, 3.63) is 65.4 Å². The second-order valence-corrected chi connectivity index (χ2v) is 4.60. The lowest BCUT2D eigenvalue weighted by Crippen LogP contribution is -2.34. The zero-order chi connectivity index (χ0) is 14.5. The predicted octanol–water partition coefficient (Wildman–Crippen LogP) is 2.48. The molecule has 1 aromatic carbocycles. The van der Waals surface area contributed by atoms with Crippen LogP contribution in [0.3, 0.4) is 0 Å². The van der Waals surface area contributed by atoms with Crippen molar-refractivity contribution in [3.8, 4) is 0 Å². The Morgan fingerprint density at radius 2 is 2.00 bits per heavy atom. The first-order valence-corrected chi connectivity index (χ1v) is 6.49. The fourth-order valence-corrected chi connectivity index (χ4v) is 2.21. The Labute approximate surface area is 118 Å². The van der Waals surface area contributed by atoms with E-state index in [1.807, 2.05) is 62.4 Å². The third-order valence-corrected chi connectivity index (χ3v) is 3.21. The summed E-state index contributed by atoms with van der Waals surface area (Å²) in [7, 11) is 0. The van der Waals surface area contributed by atoms with Gasteiger partial charge in [-0.15, -0.1) is 0 Å². The van der Waals surface area contributed by atoms with Crippen LogP contribution in [-0.2, 0) is 4.79 Å². The van der Waals surface area contributed by atoms with Crippen LogP contribution in [0.2, 0.25) is 0 Å². The van der Waals surface area contributed by atoms with Crippen LogP contribution in [0.1, 0.15) is 19.4 Å². The van der Waals surface area contributed by atoms with Gasteiger partial charge < -0.3 is 10.5 Å². The number of benzene rings is 1. The summed E-state index contributed by atoms with van der Waals surface area (Å²) in [6.07, 6.45) is 5.86. The molecule has 1 atom stereocenters. The minimum Gasteiger partial charge on any atom is -0.477 e. The number of carbonyl (C=O) groups is 1. The first-order valence-electron chi connectivity index (χ1n) is 6.49. The van der Waals surface area contributed by atoms with Gasteiger partial charge in [-0.25, -0.2) is 10.2 Å². The van der Waals surface area contributed by atoms with Crippen molar-refractivity contribution in [2.45, 2.75) is 19.9 Å². The second kappa shape index (κ2) is 6.21. The Morgan fingerprint density at radius 1 is 1.30 bits per heavy atom. The summed E-state index contributed by atoms with van der Waals surface area (Å²) in [6.45, 7) is 3.92. The lowest BCUT2D eigenvalue weighted by molar-refractivity contribution is -0.133. The van der Waals surface area contributed by atoms with Gasteiger partial charge in [0.05, 0.1) is 6.04 Å². The zero-order valence-electron chi connectivity index (χ0n) is 11.6. The minimum atomic E-state index is -0.960. The van der Waals surface area contributed by atoms with E-state index in [1.165, 1.54) is 0 Å². The smallest absolute Gasteiger partial charge is 0.353 e. The van der Waals surface area contributed by atoms with Crippen molar-refractivity contribution in [2.24, 2.45) is 0 Å². The van der Waals surface area contributed by atoms with Gasteiger partial charge in [-0.1, -0.05) is 54.1 Å². The Morgan fingerprint density at radius 3 is 2.60 bits per heavy atom. The SMILES string of the molecule is C/C=C\C=C(/C)C1NNC(C(=O)O)=C1c1ccccc1. The van der Waals surface area contributed by atoms with E-state index >= 15 is 0 Å². The second-order valence-electron chi connectivity index (χ2n) is 4.60. The lowest BCUT2D eigenvalue weighted by Gasteiger charge is -2.15. The highest BCUT2D eigenvalue weighted by Crippen LogP contribution is 2.28. The summed E-state index contributed by atoms with van der Waals surface area (Å²) >= 11 is 0. The van der Waals surface area contributed by atoms with Crippen molar-refractivity contribution >= 4 is 11.5 Å². The quantitative estimate of drug-likeness (QED) is 0.736. The number of nitrogens with one attached hydrogen (secondary N) is 2. The number of rotatable bonds is 4. The van der Waals surface area contributed by atoms with Crippen molar-refractivity contribution in [3.63, 3.8) is 0 Å². The Kier molecular flexibility index (Phi) is 4.38. The first kappa shape index (κ1) is 14.1. The van der Waals surface area contributed by atoms with Crippen LogP contribution in [0.25, 0.3) is 5.57 Å². The summed E-state index contributed by atoms with van der Waals surface area (Å²) in [5.41, 5.74) is 8.73. The van der Waals surface area contributed by atoms with Gasteiger partial charge in [-0.05, 0) is 19.4 Å². The van der Waals surface area contributed by atoms with Crippen molar-refractivity contribution < 1.29 is 9.90 Å². The number of allylic oxidation sites excluding steroid dienone is 3. The van der Waals surface area contributed by atoms with E-state index in [2.05, 4.69) is 10.9 Å². The maximum Gasteiger partial charge on any atom is 0.353 e. The van der Waals surface area contributed by atoms with Gasteiger partial charge in [0.15, 0.2) is 0 Å². The fraction of sp³-hybridized carbons (Fsp3) is 0.188. The molecule has 0 spiro atoms. The van der Waals surface area contributed by atoms with Crippen LogP contribution < -0.4 is 10.9 Å². The van der Waals surface area contributed by atoms with E-state index < -0.39 is 5.97 Å². The molecule has 1 aliphatic heterocycles. The molecule has 1 aromatic rings. The third kappa shape index (κ3) is 2.81. The van der Waals surface area contributed by atoms with Crippen molar-refractivity contribution in [1.82, 2.24) is 10.9 Å². The van der Waals surface area contributed by atoms with Crippen LogP contribution in [0, 0.1) is 0 Å². The van der Waals surface area contributed by atoms with Gasteiger partial charge in [-0.3, -0.25) is 0 Å². The van der Waals surface area contributed by atoms with Crippen LogP contribution in [-0.4, -0.2) is 17.1 Å². The number of hydrogen-bond donors (Lipinski definition) is 3. The van der Waals surface area contributed by atoms with Crippen LogP contribution >= 0.6 is 0 Å². The molecule has 4 nitrogen and oxygen atoms in total. The van der Waals surface area contributed by atoms with Crippen LogP contribution in [0.5, 0.6) is 0 Å². The molecule has 0 saturated carbocycles. The molecule has 0 amide bonds. The molecule has 0 aliphatic carbocycles. The molecule has 20 heavy (non-hydrogen) atoms. The minimum absolute atomic E-state index is 0.153. The highest BCUT2D eigenvalue weighted by atomic mass is 16.4. The van der Waals surface area contributed by atoms with Gasteiger partial charge in [0.25, 0.3) is 0 Å². The van der Waals surface area contributed by atoms with E-state index in [1.54, 1.807) is 0 Å². The summed E-state index contributed by atoms with van der Waals surface area (Å²) in [6, 6.07) is 9.41. The van der Waals surface area contributed by atoms with E-state index in [0.29, 0.717) is 0 Å². The number of hydrazine groups is 1. The van der Waals surface area contributed by atoms with Crippen molar-refractivity contribution in [2.75, 3.05) is 0 Å². The molecule has 2 rings (SSSR count). The summed E-state index contributed by atoms with van der Waals surface area (Å²) in [4.78, 5) is 11.4. The van der Waals surface area contributed by atoms with Crippen molar-refractivity contribution in [1.29, 1.82) is 0 Å². The Bertz CT molecular complexity index is 586. The average Bonchev–Trinajstić information content (AvgIpc) is 2.90. The third-order valence-electron chi connectivity index (χ3n) is 3.21. The normalized spacial score (nSPS) is 19.5. The van der Waals surface area contributed by atoms with Gasteiger partial charge in [-0.2, -0.15) is 0 Å². The molecule has 4 heteroatoms. The lowest BCUT2D eigenvalue weighted by atomic mass is 9.93. The molecule has 3 N–H and O–H groups in total. The summed E-state index contributed by atoms with van der Waals surface area (Å²) in [5.74, 6) is -0.960. The van der Waals surface area contributed by atoms with E-state index in [0.717, 1.165) is 16.7 Å².